The van der Waals surface area contributed by atoms with E-state index in [9.17, 15) is 0 Å². The topological polar surface area (TPSA) is 22.4 Å². The third-order valence-electron chi connectivity index (χ3n) is 3.21. The van der Waals surface area contributed by atoms with E-state index in [4.69, 9.17) is 27.2 Å². The van der Waals surface area contributed by atoms with E-state index in [2.05, 4.69) is 5.92 Å². The van der Waals surface area contributed by atoms with Crippen LogP contribution in [0.3, 0.4) is 0 Å². The van der Waals surface area contributed by atoms with Gasteiger partial charge in [0.1, 0.15) is 24.1 Å². The molecule has 0 amide bonds. The highest BCUT2D eigenvalue weighted by Crippen LogP contribution is 2.31. The van der Waals surface area contributed by atoms with Crippen LogP contribution in [0.15, 0.2) is 59.0 Å². The molecule has 3 heteroatoms. The van der Waals surface area contributed by atoms with Gasteiger partial charge in [-0.05, 0) is 29.8 Å². The van der Waals surface area contributed by atoms with Crippen molar-refractivity contribution in [2.75, 3.05) is 6.61 Å². The van der Waals surface area contributed by atoms with E-state index in [0.717, 1.165) is 22.3 Å². The quantitative estimate of drug-likeness (QED) is 0.644. The van der Waals surface area contributed by atoms with Gasteiger partial charge in [-0.3, -0.25) is 0 Å². The first-order valence-corrected chi connectivity index (χ1v) is 6.95. The van der Waals surface area contributed by atoms with E-state index in [1.165, 1.54) is 0 Å². The lowest BCUT2D eigenvalue weighted by atomic mass is 10.1. The van der Waals surface area contributed by atoms with Crippen LogP contribution in [0.25, 0.3) is 11.0 Å². The summed E-state index contributed by atoms with van der Waals surface area (Å²) in [4.78, 5) is 0. The molecule has 0 saturated carbocycles. The number of para-hydroxylation sites is 1. The number of benzene rings is 2. The van der Waals surface area contributed by atoms with E-state index in [1.807, 2.05) is 54.6 Å². The van der Waals surface area contributed by atoms with Gasteiger partial charge in [-0.15, -0.1) is 6.42 Å². The molecule has 0 fully saturated rings. The summed E-state index contributed by atoms with van der Waals surface area (Å²) in [5.74, 6) is 3.22. The first-order valence-electron chi connectivity index (χ1n) is 6.57. The van der Waals surface area contributed by atoms with Crippen LogP contribution in [0.2, 0.25) is 5.02 Å². The zero-order valence-corrected chi connectivity index (χ0v) is 12.0. The number of terminal acetylenes is 1. The number of halogens is 1. The Labute approximate surface area is 128 Å². The molecule has 1 unspecified atom stereocenters. The van der Waals surface area contributed by atoms with Gasteiger partial charge in [0.25, 0.3) is 0 Å². The predicted molar refractivity (Wildman–Crippen MR) is 84.3 cm³/mol. The summed E-state index contributed by atoms with van der Waals surface area (Å²) < 4.78 is 11.6. The van der Waals surface area contributed by atoms with Crippen LogP contribution in [0.4, 0.5) is 0 Å². The standard InChI is InChI=1S/C18H13ClO2/c1-2-11-20-18(13-7-9-15(19)10-8-13)17-12-14-5-3-4-6-16(14)21-17/h1,3-10,12,18H,11H2. The Hall–Kier alpha value is -2.21. The molecular formula is C18H13ClO2. The minimum atomic E-state index is -0.342. The summed E-state index contributed by atoms with van der Waals surface area (Å²) in [6.45, 7) is 0.213. The normalized spacial score (nSPS) is 12.2. The molecule has 0 bridgehead atoms. The van der Waals surface area contributed by atoms with Crippen molar-refractivity contribution in [3.05, 3.63) is 70.9 Å². The van der Waals surface area contributed by atoms with Crippen molar-refractivity contribution in [3.8, 4) is 12.3 Å². The molecule has 0 saturated heterocycles. The van der Waals surface area contributed by atoms with Crippen LogP contribution < -0.4 is 0 Å². The highest BCUT2D eigenvalue weighted by atomic mass is 35.5. The van der Waals surface area contributed by atoms with Crippen molar-refractivity contribution < 1.29 is 9.15 Å². The molecule has 104 valence electrons. The molecule has 1 aromatic heterocycles. The molecule has 0 spiro atoms. The molecule has 3 rings (SSSR count). The Morgan fingerprint density at radius 3 is 2.62 bits per heavy atom. The minimum Gasteiger partial charge on any atom is -0.458 e. The van der Waals surface area contributed by atoms with Gasteiger partial charge in [0.05, 0.1) is 0 Å². The second-order valence-corrected chi connectivity index (χ2v) is 5.07. The smallest absolute Gasteiger partial charge is 0.141 e. The van der Waals surface area contributed by atoms with Gasteiger partial charge in [-0.2, -0.15) is 0 Å². The first-order chi connectivity index (χ1) is 10.3. The summed E-state index contributed by atoms with van der Waals surface area (Å²) >= 11 is 5.93. The minimum absolute atomic E-state index is 0.213. The van der Waals surface area contributed by atoms with Gasteiger partial charge in [0, 0.05) is 10.4 Å². The highest BCUT2D eigenvalue weighted by molar-refractivity contribution is 6.30. The van der Waals surface area contributed by atoms with E-state index in [-0.39, 0.29) is 12.7 Å². The molecule has 1 atom stereocenters. The fourth-order valence-corrected chi connectivity index (χ4v) is 2.37. The van der Waals surface area contributed by atoms with Crippen LogP contribution in [-0.2, 0) is 4.74 Å². The molecule has 3 aromatic rings. The third kappa shape index (κ3) is 2.95. The molecule has 21 heavy (non-hydrogen) atoms. The lowest BCUT2D eigenvalue weighted by Crippen LogP contribution is -2.05. The van der Waals surface area contributed by atoms with Crippen molar-refractivity contribution in [2.24, 2.45) is 0 Å². The van der Waals surface area contributed by atoms with Gasteiger partial charge in [-0.1, -0.05) is 47.9 Å². The monoisotopic (exact) mass is 296 g/mol. The van der Waals surface area contributed by atoms with Gasteiger partial charge in [-0.25, -0.2) is 0 Å². The van der Waals surface area contributed by atoms with Gasteiger partial charge in [0.15, 0.2) is 0 Å². The maximum Gasteiger partial charge on any atom is 0.141 e. The zero-order chi connectivity index (χ0) is 14.7. The van der Waals surface area contributed by atoms with E-state index < -0.39 is 0 Å². The second kappa shape index (κ2) is 6.05. The fourth-order valence-electron chi connectivity index (χ4n) is 2.24. The van der Waals surface area contributed by atoms with Gasteiger partial charge < -0.3 is 9.15 Å². The number of ether oxygens (including phenoxy) is 1. The van der Waals surface area contributed by atoms with Crippen molar-refractivity contribution in [1.82, 2.24) is 0 Å². The zero-order valence-electron chi connectivity index (χ0n) is 11.3. The van der Waals surface area contributed by atoms with E-state index >= 15 is 0 Å². The van der Waals surface area contributed by atoms with Gasteiger partial charge in [0.2, 0.25) is 0 Å². The number of hydrogen-bond donors (Lipinski definition) is 0. The van der Waals surface area contributed by atoms with Crippen LogP contribution in [-0.4, -0.2) is 6.61 Å². The molecule has 2 nitrogen and oxygen atoms in total. The Balaban J connectivity index is 2.02. The average Bonchev–Trinajstić information content (AvgIpc) is 2.93. The SMILES string of the molecule is C#CCOC(c1ccc(Cl)cc1)c1cc2ccccc2o1. The summed E-state index contributed by atoms with van der Waals surface area (Å²) in [5, 5.41) is 1.72. The van der Waals surface area contributed by atoms with E-state index in [0.29, 0.717) is 5.02 Å². The number of furan rings is 1. The molecule has 0 aliphatic heterocycles. The Bertz CT molecular complexity index is 748. The number of rotatable bonds is 4. The molecule has 2 aromatic carbocycles. The molecular weight excluding hydrogens is 284 g/mol. The lowest BCUT2D eigenvalue weighted by molar-refractivity contribution is 0.0923. The third-order valence-corrected chi connectivity index (χ3v) is 3.46. The maximum absolute atomic E-state index is 5.93. The Morgan fingerprint density at radius 1 is 1.14 bits per heavy atom. The summed E-state index contributed by atoms with van der Waals surface area (Å²) in [5.41, 5.74) is 1.78. The van der Waals surface area contributed by atoms with Crippen molar-refractivity contribution >= 4 is 22.6 Å². The predicted octanol–water partition coefficient (Wildman–Crippen LogP) is 4.83. The van der Waals surface area contributed by atoms with Crippen molar-refractivity contribution in [2.45, 2.75) is 6.10 Å². The summed E-state index contributed by atoms with van der Waals surface area (Å²) in [6.07, 6.45) is 4.96. The maximum atomic E-state index is 5.93. The second-order valence-electron chi connectivity index (χ2n) is 4.63. The van der Waals surface area contributed by atoms with Gasteiger partial charge >= 0.3 is 0 Å². The van der Waals surface area contributed by atoms with Crippen LogP contribution in [0.5, 0.6) is 0 Å². The van der Waals surface area contributed by atoms with E-state index in [1.54, 1.807) is 0 Å². The largest absolute Gasteiger partial charge is 0.458 e. The molecule has 0 N–H and O–H groups in total. The number of fused-ring (bicyclic) bond motifs is 1. The Kier molecular flexibility index (Phi) is 3.96. The van der Waals surface area contributed by atoms with Crippen molar-refractivity contribution in [1.29, 1.82) is 0 Å². The number of hydrogen-bond acceptors (Lipinski definition) is 2. The fraction of sp³-hybridized carbons (Fsp3) is 0.111. The molecule has 1 heterocycles. The Morgan fingerprint density at radius 2 is 1.90 bits per heavy atom. The van der Waals surface area contributed by atoms with Crippen LogP contribution in [0, 0.1) is 12.3 Å². The molecule has 0 aliphatic carbocycles. The van der Waals surface area contributed by atoms with Crippen LogP contribution in [0.1, 0.15) is 17.4 Å². The summed E-state index contributed by atoms with van der Waals surface area (Å²) in [7, 11) is 0. The molecule has 0 aliphatic rings. The highest BCUT2D eigenvalue weighted by Gasteiger charge is 2.19. The first kappa shape index (κ1) is 13.8. The van der Waals surface area contributed by atoms with Crippen LogP contribution >= 0.6 is 11.6 Å². The average molecular weight is 297 g/mol. The lowest BCUT2D eigenvalue weighted by Gasteiger charge is -2.14. The molecule has 0 radical (unpaired) electrons. The van der Waals surface area contributed by atoms with Crippen molar-refractivity contribution in [3.63, 3.8) is 0 Å². The summed E-state index contributed by atoms with van der Waals surface area (Å²) in [6, 6.07) is 17.3.